The van der Waals surface area contributed by atoms with Gasteiger partial charge in [0.15, 0.2) is 11.6 Å². The van der Waals surface area contributed by atoms with Crippen molar-refractivity contribution in [2.75, 3.05) is 12.4 Å². The van der Waals surface area contributed by atoms with E-state index >= 15 is 0 Å². The van der Waals surface area contributed by atoms with Crippen molar-refractivity contribution in [3.63, 3.8) is 0 Å². The second-order valence-electron chi connectivity index (χ2n) is 7.82. The van der Waals surface area contributed by atoms with E-state index in [-0.39, 0.29) is 28.8 Å². The molecule has 2 aromatic heterocycles. The Kier molecular flexibility index (Phi) is 7.69. The summed E-state index contributed by atoms with van der Waals surface area (Å²) in [5.74, 6) is -4.13. The molecule has 0 unspecified atom stereocenters. The molecule has 3 aromatic rings. The van der Waals surface area contributed by atoms with Crippen LogP contribution in [0.3, 0.4) is 0 Å². The van der Waals surface area contributed by atoms with Crippen LogP contribution < -0.4 is 16.7 Å². The van der Waals surface area contributed by atoms with Crippen molar-refractivity contribution in [3.8, 4) is 0 Å². The number of nitrogens with one attached hydrogen (secondary N) is 1. The van der Waals surface area contributed by atoms with Gasteiger partial charge in [-0.2, -0.15) is 9.36 Å². The number of halogens is 4. The number of benzene rings is 1. The fraction of sp³-hybridized carbons (Fsp3) is 0.182. The quantitative estimate of drug-likeness (QED) is 0.258. The molecular formula is C22H17ClF3N7O3S. The zero-order chi connectivity index (χ0) is 26.7. The summed E-state index contributed by atoms with van der Waals surface area (Å²) >= 11 is 7.42. The van der Waals surface area contributed by atoms with E-state index in [9.17, 15) is 27.7 Å². The van der Waals surface area contributed by atoms with E-state index in [0.29, 0.717) is 29.8 Å². The van der Waals surface area contributed by atoms with E-state index in [1.54, 1.807) is 23.6 Å². The van der Waals surface area contributed by atoms with Crippen LogP contribution in [0.5, 0.6) is 0 Å². The average molecular weight is 552 g/mol. The molecule has 1 aromatic carbocycles. The Balaban J connectivity index is 1.82. The van der Waals surface area contributed by atoms with Gasteiger partial charge in [-0.3, -0.25) is 4.57 Å². The van der Waals surface area contributed by atoms with Gasteiger partial charge in [-0.05, 0) is 41.7 Å². The summed E-state index contributed by atoms with van der Waals surface area (Å²) in [6, 6.07) is 2.59. The summed E-state index contributed by atoms with van der Waals surface area (Å²) in [7, 11) is 1.43. The van der Waals surface area contributed by atoms with Crippen LogP contribution in [0.4, 0.5) is 19.1 Å². The Bertz CT molecular complexity index is 1560. The fourth-order valence-corrected chi connectivity index (χ4v) is 4.15. The Morgan fingerprint density at radius 2 is 1.95 bits per heavy atom. The van der Waals surface area contributed by atoms with E-state index < -0.39 is 35.4 Å². The van der Waals surface area contributed by atoms with E-state index in [2.05, 4.69) is 20.0 Å². The van der Waals surface area contributed by atoms with Crippen LogP contribution in [-0.4, -0.2) is 30.5 Å². The van der Waals surface area contributed by atoms with Gasteiger partial charge >= 0.3 is 11.4 Å². The first kappa shape index (κ1) is 26.0. The first-order valence-corrected chi connectivity index (χ1v) is 11.7. The molecule has 0 saturated carbocycles. The summed E-state index contributed by atoms with van der Waals surface area (Å²) in [4.78, 5) is 40.8. The van der Waals surface area contributed by atoms with Crippen LogP contribution >= 0.6 is 23.1 Å². The van der Waals surface area contributed by atoms with Gasteiger partial charge in [-0.25, -0.2) is 32.3 Å². The summed E-state index contributed by atoms with van der Waals surface area (Å²) in [6.07, 6.45) is 4.95. The van der Waals surface area contributed by atoms with Gasteiger partial charge < -0.3 is 5.32 Å². The molecule has 1 N–H and O–H groups in total. The maximum Gasteiger partial charge on any atom is 0.355 e. The first-order valence-electron chi connectivity index (χ1n) is 10.5. The van der Waals surface area contributed by atoms with Crippen molar-refractivity contribution >= 4 is 29.1 Å². The predicted octanol–water partition coefficient (Wildman–Crippen LogP) is 3.69. The molecule has 0 aliphatic heterocycles. The molecule has 1 aliphatic rings. The van der Waals surface area contributed by atoms with E-state index in [4.69, 9.17) is 11.6 Å². The highest BCUT2D eigenvalue weighted by Gasteiger charge is 2.20. The Hall–Kier alpha value is -4.04. The Labute approximate surface area is 215 Å². The minimum atomic E-state index is -1.39. The lowest BCUT2D eigenvalue weighted by Gasteiger charge is -2.19. The zero-order valence-corrected chi connectivity index (χ0v) is 20.6. The Morgan fingerprint density at radius 1 is 1.19 bits per heavy atom. The van der Waals surface area contributed by atoms with Crippen LogP contribution in [0.25, 0.3) is 0 Å². The van der Waals surface area contributed by atoms with Crippen molar-refractivity contribution < 1.29 is 13.2 Å². The first-order chi connectivity index (χ1) is 17.7. The standard InChI is InChI=1S/C22H17ClF3N7O3S/c1-31(30-36)9-12-2-3-15(23)19(6-12)27-20-28-21(34)33(11-14-4-5-37-29-14)22(35)32(20)10-13-7-17(25)18(26)8-16(13)24/h3-9H,2,10-11H2,1H3,(H,27,28,34)/b12-9+. The molecule has 192 valence electrons. The molecule has 4 rings (SSSR count). The number of nitroso groups, excluding NO2 is 1. The maximum absolute atomic E-state index is 14.5. The van der Waals surface area contributed by atoms with Crippen molar-refractivity contribution in [1.29, 1.82) is 0 Å². The second kappa shape index (κ2) is 10.9. The minimum Gasteiger partial charge on any atom is -0.324 e. The molecule has 0 bridgehead atoms. The van der Waals surface area contributed by atoms with E-state index in [0.717, 1.165) is 25.7 Å². The lowest BCUT2D eigenvalue weighted by Crippen LogP contribution is -2.43. The van der Waals surface area contributed by atoms with Crippen LogP contribution in [0, 0.1) is 22.4 Å². The van der Waals surface area contributed by atoms with Crippen molar-refractivity contribution in [2.24, 2.45) is 5.29 Å². The number of nitrogens with zero attached hydrogens (tertiary/aromatic N) is 6. The van der Waals surface area contributed by atoms with Crippen molar-refractivity contribution in [2.45, 2.75) is 19.5 Å². The summed E-state index contributed by atoms with van der Waals surface area (Å²) in [5, 5.41) is 8.45. The summed E-state index contributed by atoms with van der Waals surface area (Å²) < 4.78 is 47.5. The number of rotatable bonds is 8. The van der Waals surface area contributed by atoms with Crippen LogP contribution in [0.2, 0.25) is 0 Å². The highest BCUT2D eigenvalue weighted by Crippen LogP contribution is 2.26. The molecule has 0 amide bonds. The summed E-state index contributed by atoms with van der Waals surface area (Å²) in [5.41, 5.74) is -0.964. The third-order valence-corrected chi connectivity index (χ3v) is 6.17. The average Bonchev–Trinajstić information content (AvgIpc) is 3.37. The van der Waals surface area contributed by atoms with Gasteiger partial charge in [0.2, 0.25) is 5.95 Å². The molecular weight excluding hydrogens is 535 g/mol. The molecule has 0 fully saturated rings. The predicted molar refractivity (Wildman–Crippen MR) is 131 cm³/mol. The van der Waals surface area contributed by atoms with Gasteiger partial charge in [0.05, 0.1) is 34.8 Å². The highest BCUT2D eigenvalue weighted by atomic mass is 35.5. The van der Waals surface area contributed by atoms with Crippen LogP contribution in [0.15, 0.2) is 73.1 Å². The Morgan fingerprint density at radius 3 is 2.65 bits per heavy atom. The number of hydrogen-bond donors (Lipinski definition) is 1. The molecule has 0 radical (unpaired) electrons. The number of aromatic nitrogens is 4. The highest BCUT2D eigenvalue weighted by molar-refractivity contribution is 7.03. The van der Waals surface area contributed by atoms with Crippen molar-refractivity contribution in [1.82, 2.24) is 23.5 Å². The number of allylic oxidation sites excluding steroid dienone is 4. The van der Waals surface area contributed by atoms with Gasteiger partial charge in [0, 0.05) is 30.3 Å². The minimum absolute atomic E-state index is 0.210. The number of anilines is 1. The van der Waals surface area contributed by atoms with Gasteiger partial charge in [0.1, 0.15) is 5.82 Å². The maximum atomic E-state index is 14.5. The lowest BCUT2D eigenvalue weighted by molar-refractivity contribution is 0.479. The smallest absolute Gasteiger partial charge is 0.324 e. The van der Waals surface area contributed by atoms with E-state index in [1.165, 1.54) is 13.2 Å². The summed E-state index contributed by atoms with van der Waals surface area (Å²) in [6.45, 7) is -0.806. The third-order valence-electron chi connectivity index (χ3n) is 5.21. The molecule has 10 nitrogen and oxygen atoms in total. The monoisotopic (exact) mass is 551 g/mol. The molecule has 0 spiro atoms. The van der Waals surface area contributed by atoms with E-state index in [1.807, 2.05) is 0 Å². The normalized spacial score (nSPS) is 14.4. The topological polar surface area (TPSA) is 114 Å². The molecule has 1 aliphatic carbocycles. The zero-order valence-electron chi connectivity index (χ0n) is 19.0. The van der Waals surface area contributed by atoms with Crippen molar-refractivity contribution in [3.05, 3.63) is 113 Å². The molecule has 2 heterocycles. The van der Waals surface area contributed by atoms with Crippen LogP contribution in [-0.2, 0) is 13.1 Å². The third kappa shape index (κ3) is 5.86. The van der Waals surface area contributed by atoms with Gasteiger partial charge in [-0.1, -0.05) is 17.7 Å². The largest absolute Gasteiger partial charge is 0.355 e. The molecule has 0 atom stereocenters. The lowest BCUT2D eigenvalue weighted by atomic mass is 10.1. The number of hydrogen-bond acceptors (Lipinski definition) is 8. The second-order valence-corrected chi connectivity index (χ2v) is 8.89. The van der Waals surface area contributed by atoms with Crippen LogP contribution in [0.1, 0.15) is 17.7 Å². The SMILES string of the molecule is CN(/C=C1/C=C(Nc2nc(=O)n(Cc3ccsn3)c(=O)n2Cc2cc(F)c(F)cc2F)C(Cl)=CC1)N=O. The van der Waals surface area contributed by atoms with Gasteiger partial charge in [-0.15, -0.1) is 4.91 Å². The molecule has 0 saturated heterocycles. The molecule has 15 heteroatoms. The molecule has 37 heavy (non-hydrogen) atoms. The van der Waals surface area contributed by atoms with Gasteiger partial charge in [0.25, 0.3) is 0 Å². The fourth-order valence-electron chi connectivity index (χ4n) is 3.44.